The third kappa shape index (κ3) is 9.51. The van der Waals surface area contributed by atoms with Crippen molar-refractivity contribution in [3.05, 3.63) is 136 Å². The first-order valence-corrected chi connectivity index (χ1v) is 24.7. The van der Waals surface area contributed by atoms with E-state index < -0.39 is 59.3 Å². The number of carbonyl (C=O) groups is 3. The zero-order valence-corrected chi connectivity index (χ0v) is 39.0. The average molecular weight is 967 g/mol. The van der Waals surface area contributed by atoms with Gasteiger partial charge in [0, 0.05) is 36.7 Å². The van der Waals surface area contributed by atoms with Gasteiger partial charge in [0.25, 0.3) is 5.91 Å². The summed E-state index contributed by atoms with van der Waals surface area (Å²) in [5.74, 6) is -2.75. The lowest BCUT2D eigenvalue weighted by Gasteiger charge is -2.53. The number of aliphatic hydroxyl groups is 2. The van der Waals surface area contributed by atoms with Crippen molar-refractivity contribution in [2.24, 2.45) is 17.6 Å². The maximum Gasteiger partial charge on any atom is 0.335 e. The summed E-state index contributed by atoms with van der Waals surface area (Å²) in [6.45, 7) is 2.87. The number of rotatable bonds is 13. The number of H-pyrrole nitrogens is 1. The third-order valence-electron chi connectivity index (χ3n) is 13.3. The van der Waals surface area contributed by atoms with Crippen molar-refractivity contribution < 1.29 is 53.4 Å². The first-order valence-electron chi connectivity index (χ1n) is 22.3. The highest BCUT2D eigenvalue weighted by Gasteiger charge is 2.69. The van der Waals surface area contributed by atoms with E-state index in [0.29, 0.717) is 18.1 Å². The fourth-order valence-electron chi connectivity index (χ4n) is 9.57. The van der Waals surface area contributed by atoms with E-state index in [4.69, 9.17) is 24.4 Å². The number of aliphatic hydroxyl groups excluding tert-OH is 1. The second-order valence-corrected chi connectivity index (χ2v) is 19.8. The summed E-state index contributed by atoms with van der Waals surface area (Å²) < 4.78 is 24.1. The lowest BCUT2D eigenvalue weighted by molar-refractivity contribution is -0.340. The summed E-state index contributed by atoms with van der Waals surface area (Å²) in [4.78, 5) is 55.9. The van der Waals surface area contributed by atoms with Gasteiger partial charge in [0.1, 0.15) is 29.1 Å². The van der Waals surface area contributed by atoms with Crippen LogP contribution in [-0.2, 0) is 19.1 Å². The van der Waals surface area contributed by atoms with Gasteiger partial charge in [-0.25, -0.2) is 4.79 Å². The molecular formula is C50H54N4O12S2. The van der Waals surface area contributed by atoms with E-state index in [0.717, 1.165) is 24.1 Å². The summed E-state index contributed by atoms with van der Waals surface area (Å²) in [6, 6.07) is 20.0. The summed E-state index contributed by atoms with van der Waals surface area (Å²) in [6.07, 6.45) is 6.14. The number of benzene rings is 3. The standard InChI is InChI=1S/C50H54N4O12S2/c1-28(7-8-29-9-10-30(17-19-52-2)36-6-4-3-5-35(29)36)38-23-54-25-49(62)48(66-44(47(60)61)45(58)50(49,26-55)63-27-68-67-24-39(38)32-18-20-53-22-32)64-34-15-16-37-40(21-34)65-43(46(51)59)41(42(37)57)31-11-13-33(56)14-12-31/h3-6,8-16,18,20-22,26,28,30,38-39,44-45,48,52-54,56,58,62H,7,17,19,23-25,27H2,1-2H3,(H2,51,59)(H,60,61)/b29-8+/t28-,30+,38+,39-,44-,45+,48+,49-,50-/m0/s1. The van der Waals surface area contributed by atoms with Gasteiger partial charge >= 0.3 is 5.97 Å². The molecule has 0 saturated carbocycles. The van der Waals surface area contributed by atoms with E-state index in [-0.39, 0.29) is 70.1 Å². The molecule has 2 aliphatic heterocycles. The van der Waals surface area contributed by atoms with E-state index in [1.54, 1.807) is 0 Å². The minimum atomic E-state index is -2.61. The highest BCUT2D eigenvalue weighted by Crippen LogP contribution is 2.45. The Morgan fingerprint density at radius 2 is 1.90 bits per heavy atom. The summed E-state index contributed by atoms with van der Waals surface area (Å²) >= 11 is 0. The first-order chi connectivity index (χ1) is 32.8. The van der Waals surface area contributed by atoms with Crippen molar-refractivity contribution in [3.8, 4) is 22.6 Å². The molecule has 1 amide bonds. The quantitative estimate of drug-likeness (QED) is 0.0532. The normalized spacial score (nSPS) is 27.6. The Morgan fingerprint density at radius 1 is 1.10 bits per heavy atom. The molecule has 1 aliphatic carbocycles. The van der Waals surface area contributed by atoms with E-state index >= 15 is 0 Å². The molecule has 18 heteroatoms. The number of allylic oxidation sites excluding steroid dienone is 4. The molecule has 0 unspecified atom stereocenters. The van der Waals surface area contributed by atoms with Crippen LogP contribution in [0, 0.1) is 11.8 Å². The van der Waals surface area contributed by atoms with Crippen LogP contribution in [0.2, 0.25) is 0 Å². The van der Waals surface area contributed by atoms with Crippen molar-refractivity contribution in [1.29, 1.82) is 0 Å². The number of ether oxygens (including phenoxy) is 3. The van der Waals surface area contributed by atoms with Crippen molar-refractivity contribution >= 4 is 56.3 Å². The number of phenolic OH excluding ortho intramolecular Hbond substituents is 1. The monoisotopic (exact) mass is 966 g/mol. The van der Waals surface area contributed by atoms with Crippen molar-refractivity contribution in [2.45, 2.75) is 61.3 Å². The largest absolute Gasteiger partial charge is 0.508 e. The minimum absolute atomic E-state index is 0.00511. The predicted molar refractivity (Wildman–Crippen MR) is 259 cm³/mol. The van der Waals surface area contributed by atoms with E-state index in [9.17, 15) is 39.6 Å². The average Bonchev–Trinajstić information content (AvgIpc) is 3.87. The Morgan fingerprint density at radius 3 is 2.62 bits per heavy atom. The van der Waals surface area contributed by atoms with Crippen LogP contribution in [0.15, 0.2) is 113 Å². The lowest BCUT2D eigenvalue weighted by atomic mass is 9.73. The molecule has 9 N–H and O–H groups in total. The number of phenols is 1. The maximum absolute atomic E-state index is 13.9. The number of fused-ring (bicyclic) bond motifs is 3. The molecule has 4 heterocycles. The SMILES string of the molecule is CNCC[C@H]1C=C/C(=C\C[C@H](C)[C@H]2CNC[C@]3(O)[C@H](Oc4ccc5c(=O)c(-c6ccc(O)cc6)c(C(N)=O)oc5c4)O[C@H](C(=O)O)[C@@H](O)[C@]3(C=O)OCSSC[C@H]2c2cc[nH]c2)c2ccccc21. The molecule has 9 atom stereocenters. The summed E-state index contributed by atoms with van der Waals surface area (Å²) in [7, 11) is 4.68. The zero-order chi connectivity index (χ0) is 48.2. The Hall–Kier alpha value is -5.70. The number of amides is 1. The number of aromatic amines is 1. The van der Waals surface area contributed by atoms with Crippen LogP contribution in [0.3, 0.4) is 0 Å². The number of nitrogens with two attached hydrogens (primary N) is 1. The number of primary amides is 1. The Bertz CT molecular complexity index is 2750. The molecule has 0 radical (unpaired) electrons. The number of aromatic nitrogens is 1. The highest BCUT2D eigenvalue weighted by molar-refractivity contribution is 8.76. The Labute approximate surface area is 399 Å². The van der Waals surface area contributed by atoms with Gasteiger partial charge in [-0.15, -0.1) is 0 Å². The van der Waals surface area contributed by atoms with Gasteiger partial charge in [0.05, 0.1) is 10.9 Å². The van der Waals surface area contributed by atoms with Gasteiger partial charge in [-0.3, -0.25) is 14.4 Å². The van der Waals surface area contributed by atoms with Crippen LogP contribution in [0.4, 0.5) is 0 Å². The van der Waals surface area contributed by atoms with Gasteiger partial charge in [-0.2, -0.15) is 0 Å². The molecule has 2 saturated heterocycles. The van der Waals surface area contributed by atoms with Crippen molar-refractivity contribution in [2.75, 3.05) is 38.4 Å². The Balaban J connectivity index is 1.13. The second kappa shape index (κ2) is 20.9. The lowest BCUT2D eigenvalue weighted by Crippen LogP contribution is -2.80. The van der Waals surface area contributed by atoms with Gasteiger partial charge in [-0.1, -0.05) is 83.1 Å². The highest BCUT2D eigenvalue weighted by atomic mass is 33.1. The fraction of sp³-hybridized carbons (Fsp3) is 0.360. The van der Waals surface area contributed by atoms with E-state index in [1.165, 1.54) is 75.2 Å². The second-order valence-electron chi connectivity index (χ2n) is 17.4. The number of aldehydes is 1. The molecule has 5 aromatic rings. The molecule has 358 valence electrons. The van der Waals surface area contributed by atoms with Crippen molar-refractivity contribution in [3.63, 3.8) is 0 Å². The van der Waals surface area contributed by atoms with E-state index in [2.05, 4.69) is 65.0 Å². The number of hydrogen-bond acceptors (Lipinski definition) is 15. The van der Waals surface area contributed by atoms with Crippen molar-refractivity contribution in [1.82, 2.24) is 15.6 Å². The van der Waals surface area contributed by atoms with Gasteiger partial charge in [-0.05, 0) is 109 Å². The number of hydrogen-bond donors (Lipinski definition) is 8. The van der Waals surface area contributed by atoms with Gasteiger partial charge in [0.2, 0.25) is 17.5 Å². The molecule has 68 heavy (non-hydrogen) atoms. The Kier molecular flexibility index (Phi) is 15.0. The first kappa shape index (κ1) is 48.7. The molecule has 3 aromatic carbocycles. The fourth-order valence-corrected chi connectivity index (χ4v) is 11.6. The molecule has 0 bridgehead atoms. The number of carbonyl (C=O) groups excluding carboxylic acids is 2. The van der Waals surface area contributed by atoms with Gasteiger partial charge in [0.15, 0.2) is 23.6 Å². The molecular weight excluding hydrogens is 913 g/mol. The van der Waals surface area contributed by atoms with Crippen LogP contribution in [0.5, 0.6) is 11.5 Å². The van der Waals surface area contributed by atoms with Gasteiger partial charge < -0.3 is 60.4 Å². The zero-order valence-electron chi connectivity index (χ0n) is 37.3. The number of carboxylic acids is 1. The maximum atomic E-state index is 13.9. The van der Waals surface area contributed by atoms with Crippen LogP contribution < -0.4 is 26.5 Å². The van der Waals surface area contributed by atoms with Crippen LogP contribution in [-0.4, -0.2) is 112 Å². The van der Waals surface area contributed by atoms with Crippen LogP contribution in [0.1, 0.15) is 58.8 Å². The predicted octanol–water partition coefficient (Wildman–Crippen LogP) is 5.54. The van der Waals surface area contributed by atoms with Crippen LogP contribution >= 0.6 is 21.6 Å². The third-order valence-corrected chi connectivity index (χ3v) is 15.4. The molecule has 16 nitrogen and oxygen atoms in total. The molecule has 2 aromatic heterocycles. The molecule has 2 fully saturated rings. The number of β-amino-alcohol motifs (C(OH)–C–C–N with tert-alkyl or cyclic N) is 1. The summed E-state index contributed by atoms with van der Waals surface area (Å²) in [5, 5.41) is 51.4. The molecule has 0 spiro atoms. The van der Waals surface area contributed by atoms with E-state index in [1.807, 2.05) is 25.5 Å². The number of nitrogens with one attached hydrogen (secondary N) is 3. The molecule has 3 aliphatic rings. The number of aromatic hydroxyl groups is 1. The smallest absolute Gasteiger partial charge is 0.335 e. The van der Waals surface area contributed by atoms with Crippen LogP contribution in [0.25, 0.3) is 27.7 Å². The topological polar surface area (TPSA) is 256 Å². The number of carboxylic acid groups (broad SMARTS) is 1. The molecule has 8 rings (SSSR count). The summed E-state index contributed by atoms with van der Waals surface area (Å²) in [5.41, 5.74) is 4.49. The minimum Gasteiger partial charge on any atom is -0.508 e. The number of aliphatic carboxylic acids is 1.